The van der Waals surface area contributed by atoms with Crippen LogP contribution in [-0.2, 0) is 26.2 Å². The third-order valence-corrected chi connectivity index (χ3v) is 6.84. The summed E-state index contributed by atoms with van der Waals surface area (Å²) in [7, 11) is -3.75. The van der Waals surface area contributed by atoms with Crippen molar-refractivity contribution in [3.8, 4) is 0 Å². The van der Waals surface area contributed by atoms with Crippen LogP contribution >= 0.6 is 11.6 Å². The van der Waals surface area contributed by atoms with Crippen LogP contribution in [0.4, 0.5) is 5.69 Å². The Balaban J connectivity index is 2.40. The maximum absolute atomic E-state index is 13.5. The third-order valence-electron chi connectivity index (χ3n) is 5.47. The fourth-order valence-corrected chi connectivity index (χ4v) is 4.44. The zero-order valence-electron chi connectivity index (χ0n) is 19.7. The van der Waals surface area contributed by atoms with E-state index in [-0.39, 0.29) is 18.5 Å². The van der Waals surface area contributed by atoms with Crippen molar-refractivity contribution in [2.75, 3.05) is 17.1 Å². The molecule has 0 aliphatic heterocycles. The van der Waals surface area contributed by atoms with Gasteiger partial charge in [0.05, 0.1) is 11.9 Å². The minimum atomic E-state index is -3.75. The Morgan fingerprint density at radius 2 is 1.76 bits per heavy atom. The van der Waals surface area contributed by atoms with Gasteiger partial charge in [-0.15, -0.1) is 0 Å². The number of aryl methyl sites for hydroxylation is 1. The van der Waals surface area contributed by atoms with E-state index in [1.165, 1.54) is 4.90 Å². The first-order chi connectivity index (χ1) is 15.4. The second kappa shape index (κ2) is 11.5. The van der Waals surface area contributed by atoms with Crippen LogP contribution < -0.4 is 9.62 Å². The van der Waals surface area contributed by atoms with Gasteiger partial charge in [0.1, 0.15) is 12.6 Å². The molecule has 0 saturated carbocycles. The van der Waals surface area contributed by atoms with E-state index < -0.39 is 28.5 Å². The highest BCUT2D eigenvalue weighted by molar-refractivity contribution is 7.92. The number of carbonyl (C=O) groups is 2. The number of anilines is 1. The van der Waals surface area contributed by atoms with E-state index in [4.69, 9.17) is 11.6 Å². The van der Waals surface area contributed by atoms with Gasteiger partial charge < -0.3 is 10.2 Å². The molecule has 0 fully saturated rings. The molecule has 0 bridgehead atoms. The summed E-state index contributed by atoms with van der Waals surface area (Å²) in [6.45, 7) is 6.95. The van der Waals surface area contributed by atoms with Gasteiger partial charge in [0.15, 0.2) is 0 Å². The molecule has 0 aliphatic carbocycles. The van der Waals surface area contributed by atoms with Crippen LogP contribution in [0.1, 0.15) is 38.3 Å². The fraction of sp³-hybridized carbons (Fsp3) is 0.417. The van der Waals surface area contributed by atoms with Crippen LogP contribution in [0.25, 0.3) is 0 Å². The van der Waals surface area contributed by atoms with Crippen molar-refractivity contribution in [2.45, 2.75) is 52.7 Å². The van der Waals surface area contributed by atoms with E-state index in [0.717, 1.165) is 28.1 Å². The number of nitrogens with one attached hydrogen (secondary N) is 1. The first kappa shape index (κ1) is 26.7. The molecule has 7 nitrogen and oxygen atoms in total. The maximum Gasteiger partial charge on any atom is 0.244 e. The summed E-state index contributed by atoms with van der Waals surface area (Å²) in [6, 6.07) is 13.1. The van der Waals surface area contributed by atoms with Crippen LogP contribution in [0.15, 0.2) is 48.5 Å². The lowest BCUT2D eigenvalue weighted by Crippen LogP contribution is -2.52. The third kappa shape index (κ3) is 7.47. The quantitative estimate of drug-likeness (QED) is 0.546. The van der Waals surface area contributed by atoms with Crippen molar-refractivity contribution >= 4 is 39.1 Å². The molecular formula is C24H32ClN3O4S. The van der Waals surface area contributed by atoms with E-state index in [9.17, 15) is 18.0 Å². The summed E-state index contributed by atoms with van der Waals surface area (Å²) in [5.41, 5.74) is 1.88. The van der Waals surface area contributed by atoms with Crippen LogP contribution in [-0.4, -0.2) is 50.0 Å². The molecule has 2 amide bonds. The van der Waals surface area contributed by atoms with Crippen molar-refractivity contribution in [2.24, 2.45) is 0 Å². The predicted molar refractivity (Wildman–Crippen MR) is 133 cm³/mol. The Morgan fingerprint density at radius 3 is 2.33 bits per heavy atom. The largest absolute Gasteiger partial charge is 0.352 e. The van der Waals surface area contributed by atoms with Gasteiger partial charge in [-0.25, -0.2) is 8.42 Å². The summed E-state index contributed by atoms with van der Waals surface area (Å²) in [5.74, 6) is -0.794. The average molecular weight is 494 g/mol. The minimum absolute atomic E-state index is 0.0532. The number of hydrogen-bond donors (Lipinski definition) is 1. The predicted octanol–water partition coefficient (Wildman–Crippen LogP) is 3.75. The fourth-order valence-electron chi connectivity index (χ4n) is 3.32. The van der Waals surface area contributed by atoms with Gasteiger partial charge in [-0.3, -0.25) is 13.9 Å². The molecule has 0 aromatic heterocycles. The molecule has 0 heterocycles. The summed E-state index contributed by atoms with van der Waals surface area (Å²) in [4.78, 5) is 27.7. The standard InChI is InChI=1S/C24H32ClN3O4S/c1-6-18(3)26-24(30)19(4)27(15-20-11-9-12-21(25)14-20)23(29)16-28(33(5,31)32)22-13-8-7-10-17(22)2/h7-14,18-19H,6,15-16H2,1-5H3,(H,26,30)/t18-,19-/m0/s1. The average Bonchev–Trinajstić information content (AvgIpc) is 2.75. The van der Waals surface area contributed by atoms with Crippen LogP contribution in [0.5, 0.6) is 0 Å². The van der Waals surface area contributed by atoms with E-state index in [0.29, 0.717) is 10.7 Å². The van der Waals surface area contributed by atoms with Gasteiger partial charge in [0.2, 0.25) is 21.8 Å². The van der Waals surface area contributed by atoms with Crippen LogP contribution in [0.3, 0.4) is 0 Å². The zero-order chi connectivity index (χ0) is 24.8. The Labute approximate surface area is 201 Å². The highest BCUT2D eigenvalue weighted by atomic mass is 35.5. The lowest BCUT2D eigenvalue weighted by atomic mass is 10.1. The van der Waals surface area contributed by atoms with Crippen molar-refractivity contribution in [1.82, 2.24) is 10.2 Å². The number of sulfonamides is 1. The summed E-state index contributed by atoms with van der Waals surface area (Å²) < 4.78 is 26.3. The molecule has 0 aliphatic rings. The van der Waals surface area contributed by atoms with Crippen molar-refractivity contribution in [3.05, 3.63) is 64.7 Å². The normalized spacial score (nSPS) is 13.2. The molecule has 1 N–H and O–H groups in total. The first-order valence-corrected chi connectivity index (χ1v) is 13.0. The van der Waals surface area contributed by atoms with Gasteiger partial charge in [-0.05, 0) is 56.5 Å². The lowest BCUT2D eigenvalue weighted by molar-refractivity contribution is -0.139. The molecule has 2 aromatic rings. The SMILES string of the molecule is CC[C@H](C)NC(=O)[C@H](C)N(Cc1cccc(Cl)c1)C(=O)CN(c1ccccc1C)S(C)(=O)=O. The number of benzene rings is 2. The molecule has 0 unspecified atom stereocenters. The summed E-state index contributed by atoms with van der Waals surface area (Å²) in [5, 5.41) is 3.40. The summed E-state index contributed by atoms with van der Waals surface area (Å²) in [6.07, 6.45) is 1.81. The van der Waals surface area contributed by atoms with E-state index >= 15 is 0 Å². The second-order valence-electron chi connectivity index (χ2n) is 8.20. The minimum Gasteiger partial charge on any atom is -0.352 e. The van der Waals surface area contributed by atoms with Crippen molar-refractivity contribution < 1.29 is 18.0 Å². The van der Waals surface area contributed by atoms with Gasteiger partial charge >= 0.3 is 0 Å². The molecule has 2 aromatic carbocycles. The molecule has 0 spiro atoms. The lowest BCUT2D eigenvalue weighted by Gasteiger charge is -2.32. The Morgan fingerprint density at radius 1 is 1.09 bits per heavy atom. The summed E-state index contributed by atoms with van der Waals surface area (Å²) >= 11 is 6.11. The highest BCUT2D eigenvalue weighted by Crippen LogP contribution is 2.23. The molecule has 0 radical (unpaired) electrons. The Bertz CT molecular complexity index is 1090. The number of nitrogens with zero attached hydrogens (tertiary/aromatic N) is 2. The highest BCUT2D eigenvalue weighted by Gasteiger charge is 2.30. The topological polar surface area (TPSA) is 86.8 Å². The van der Waals surface area contributed by atoms with E-state index in [2.05, 4.69) is 5.32 Å². The smallest absolute Gasteiger partial charge is 0.244 e. The molecule has 9 heteroatoms. The monoisotopic (exact) mass is 493 g/mol. The van der Waals surface area contributed by atoms with Gasteiger partial charge in [0, 0.05) is 17.6 Å². The van der Waals surface area contributed by atoms with Gasteiger partial charge in [-0.2, -0.15) is 0 Å². The number of amides is 2. The number of rotatable bonds is 10. The number of halogens is 1. The number of carbonyl (C=O) groups excluding carboxylic acids is 2. The van der Waals surface area contributed by atoms with E-state index in [1.807, 2.05) is 13.8 Å². The molecule has 0 saturated heterocycles. The molecular weight excluding hydrogens is 462 g/mol. The molecule has 2 atom stereocenters. The van der Waals surface area contributed by atoms with Crippen LogP contribution in [0, 0.1) is 6.92 Å². The number of hydrogen-bond acceptors (Lipinski definition) is 4. The zero-order valence-corrected chi connectivity index (χ0v) is 21.3. The van der Waals surface area contributed by atoms with Crippen molar-refractivity contribution in [1.29, 1.82) is 0 Å². The molecule has 180 valence electrons. The second-order valence-corrected chi connectivity index (χ2v) is 10.5. The van der Waals surface area contributed by atoms with Crippen LogP contribution in [0.2, 0.25) is 5.02 Å². The number of para-hydroxylation sites is 1. The Hall–Kier alpha value is -2.58. The van der Waals surface area contributed by atoms with E-state index in [1.54, 1.807) is 62.4 Å². The first-order valence-electron chi connectivity index (χ1n) is 10.8. The maximum atomic E-state index is 13.5. The van der Waals surface area contributed by atoms with Crippen molar-refractivity contribution in [3.63, 3.8) is 0 Å². The van der Waals surface area contributed by atoms with Gasteiger partial charge in [0.25, 0.3) is 0 Å². The molecule has 2 rings (SSSR count). The Kier molecular flexibility index (Phi) is 9.31. The molecule has 33 heavy (non-hydrogen) atoms. The van der Waals surface area contributed by atoms with Gasteiger partial charge in [-0.1, -0.05) is 48.9 Å².